The van der Waals surface area contributed by atoms with E-state index in [1.807, 2.05) is 12.1 Å². The summed E-state index contributed by atoms with van der Waals surface area (Å²) < 4.78 is 7.38. The lowest BCUT2D eigenvalue weighted by Crippen LogP contribution is -2.27. The number of nitriles is 1. The Morgan fingerprint density at radius 3 is 2.70 bits per heavy atom. The number of hydrogen-bond acceptors (Lipinski definition) is 5. The van der Waals surface area contributed by atoms with Gasteiger partial charge in [0, 0.05) is 9.13 Å². The molecule has 1 saturated heterocycles. The van der Waals surface area contributed by atoms with E-state index in [0.717, 1.165) is 29.4 Å². The van der Waals surface area contributed by atoms with Crippen molar-refractivity contribution in [3.63, 3.8) is 0 Å². The van der Waals surface area contributed by atoms with Crippen molar-refractivity contribution in [2.45, 2.75) is 6.54 Å². The Morgan fingerprint density at radius 2 is 2.00 bits per heavy atom. The van der Waals surface area contributed by atoms with E-state index in [1.54, 1.807) is 37.5 Å². The fraction of sp³-hybridized carbons (Fsp3) is 0.105. The van der Waals surface area contributed by atoms with E-state index in [0.29, 0.717) is 21.8 Å². The standard InChI is InChI=1S/C19H12I2N2O3S/c1-26-17-13(6-14(20)8-15(17)21)7-16-18(24)23(19(25)27-16)10-12-5-3-2-4-11(12)9-22/h2-8H,10H2,1H3/b16-7+. The van der Waals surface area contributed by atoms with Crippen LogP contribution in [0, 0.1) is 18.5 Å². The number of amides is 2. The van der Waals surface area contributed by atoms with Crippen molar-refractivity contribution in [3.8, 4) is 11.8 Å². The minimum absolute atomic E-state index is 0.0761. The number of carbonyl (C=O) groups is 2. The van der Waals surface area contributed by atoms with Crippen LogP contribution in [-0.2, 0) is 11.3 Å². The zero-order valence-electron chi connectivity index (χ0n) is 14.0. The van der Waals surface area contributed by atoms with Crippen molar-refractivity contribution in [2.24, 2.45) is 0 Å². The number of hydrogen-bond donors (Lipinski definition) is 0. The average molecular weight is 602 g/mol. The number of nitrogens with zero attached hydrogens (tertiary/aromatic N) is 2. The quantitative estimate of drug-likeness (QED) is 0.364. The minimum Gasteiger partial charge on any atom is -0.495 e. The molecule has 0 aliphatic carbocycles. The molecule has 0 spiro atoms. The van der Waals surface area contributed by atoms with Gasteiger partial charge in [-0.3, -0.25) is 14.5 Å². The third-order valence-corrected chi connectivity index (χ3v) is 6.20. The Balaban J connectivity index is 1.93. The van der Waals surface area contributed by atoms with Crippen LogP contribution in [0.5, 0.6) is 5.75 Å². The molecule has 8 heteroatoms. The fourth-order valence-corrected chi connectivity index (χ4v) is 5.56. The zero-order valence-corrected chi connectivity index (χ0v) is 19.2. The van der Waals surface area contributed by atoms with Gasteiger partial charge in [-0.05, 0) is 86.8 Å². The van der Waals surface area contributed by atoms with E-state index in [2.05, 4.69) is 51.3 Å². The summed E-state index contributed by atoms with van der Waals surface area (Å²) in [4.78, 5) is 26.7. The molecule has 2 amide bonds. The average Bonchev–Trinajstić information content (AvgIpc) is 2.89. The maximum Gasteiger partial charge on any atom is 0.293 e. The maximum absolute atomic E-state index is 12.8. The van der Waals surface area contributed by atoms with Gasteiger partial charge >= 0.3 is 0 Å². The molecule has 2 aromatic carbocycles. The summed E-state index contributed by atoms with van der Waals surface area (Å²) in [5, 5.41) is 8.86. The SMILES string of the molecule is COc1c(I)cc(I)cc1/C=C1/SC(=O)N(Cc2ccccc2C#N)C1=O. The number of thioether (sulfide) groups is 1. The maximum atomic E-state index is 12.8. The zero-order chi connectivity index (χ0) is 19.6. The molecular formula is C19H12I2N2O3S. The molecule has 1 heterocycles. The second-order valence-electron chi connectivity index (χ2n) is 5.55. The number of imide groups is 1. The van der Waals surface area contributed by atoms with Crippen LogP contribution in [0.15, 0.2) is 41.3 Å². The third kappa shape index (κ3) is 4.30. The van der Waals surface area contributed by atoms with E-state index in [1.165, 1.54) is 0 Å². The van der Waals surface area contributed by atoms with Crippen molar-refractivity contribution in [1.29, 1.82) is 5.26 Å². The van der Waals surface area contributed by atoms with Crippen LogP contribution in [0.25, 0.3) is 6.08 Å². The lowest BCUT2D eigenvalue weighted by Gasteiger charge is -2.13. The van der Waals surface area contributed by atoms with Crippen LogP contribution >= 0.6 is 56.9 Å². The Kier molecular flexibility index (Phi) is 6.44. The summed E-state index contributed by atoms with van der Waals surface area (Å²) in [5.74, 6) is 0.298. The highest BCUT2D eigenvalue weighted by Gasteiger charge is 2.35. The van der Waals surface area contributed by atoms with Crippen LogP contribution in [0.1, 0.15) is 16.7 Å². The number of halogens is 2. The van der Waals surface area contributed by atoms with E-state index in [4.69, 9.17) is 4.74 Å². The Hall–Kier alpha value is -1.58. The topological polar surface area (TPSA) is 70.4 Å². The molecule has 1 aliphatic heterocycles. The largest absolute Gasteiger partial charge is 0.495 e. The Morgan fingerprint density at radius 1 is 1.26 bits per heavy atom. The number of ether oxygens (including phenoxy) is 1. The highest BCUT2D eigenvalue weighted by Crippen LogP contribution is 2.36. The van der Waals surface area contributed by atoms with Gasteiger partial charge in [0.05, 0.1) is 33.8 Å². The molecule has 0 radical (unpaired) electrons. The predicted octanol–water partition coefficient (Wildman–Crippen LogP) is 5.01. The highest BCUT2D eigenvalue weighted by atomic mass is 127. The van der Waals surface area contributed by atoms with E-state index in [-0.39, 0.29) is 17.7 Å². The first-order chi connectivity index (χ1) is 12.9. The van der Waals surface area contributed by atoms with E-state index >= 15 is 0 Å². The molecule has 5 nitrogen and oxygen atoms in total. The van der Waals surface area contributed by atoms with Gasteiger partial charge in [-0.1, -0.05) is 18.2 Å². The normalized spacial score (nSPS) is 15.3. The molecule has 0 atom stereocenters. The summed E-state index contributed by atoms with van der Waals surface area (Å²) >= 11 is 5.27. The van der Waals surface area contributed by atoms with Crippen molar-refractivity contribution < 1.29 is 14.3 Å². The lowest BCUT2D eigenvalue weighted by molar-refractivity contribution is -0.123. The van der Waals surface area contributed by atoms with Crippen LogP contribution in [0.2, 0.25) is 0 Å². The first-order valence-electron chi connectivity index (χ1n) is 7.71. The minimum atomic E-state index is -0.367. The van der Waals surface area contributed by atoms with Gasteiger partial charge in [-0.25, -0.2) is 0 Å². The van der Waals surface area contributed by atoms with Crippen molar-refractivity contribution in [1.82, 2.24) is 4.90 Å². The molecule has 1 fully saturated rings. The summed E-state index contributed by atoms with van der Waals surface area (Å²) in [5.41, 5.74) is 1.84. The molecule has 0 unspecified atom stereocenters. The molecule has 0 aromatic heterocycles. The smallest absolute Gasteiger partial charge is 0.293 e. The Labute approximate surface area is 188 Å². The fourth-order valence-electron chi connectivity index (χ4n) is 2.62. The lowest BCUT2D eigenvalue weighted by atomic mass is 10.1. The van der Waals surface area contributed by atoms with Gasteiger partial charge in [0.1, 0.15) is 5.75 Å². The van der Waals surface area contributed by atoms with Crippen LogP contribution < -0.4 is 4.74 Å². The molecule has 136 valence electrons. The van der Waals surface area contributed by atoms with Gasteiger partial charge in [0.25, 0.3) is 11.1 Å². The number of methoxy groups -OCH3 is 1. The third-order valence-electron chi connectivity index (χ3n) is 3.87. The first-order valence-corrected chi connectivity index (χ1v) is 10.7. The van der Waals surface area contributed by atoms with Gasteiger partial charge in [0.2, 0.25) is 0 Å². The predicted molar refractivity (Wildman–Crippen MR) is 121 cm³/mol. The van der Waals surface area contributed by atoms with Crippen LogP contribution in [-0.4, -0.2) is 23.2 Å². The number of benzene rings is 2. The van der Waals surface area contributed by atoms with Crippen molar-refractivity contribution in [2.75, 3.05) is 7.11 Å². The molecule has 27 heavy (non-hydrogen) atoms. The molecule has 3 rings (SSSR count). The van der Waals surface area contributed by atoms with Gasteiger partial charge < -0.3 is 4.74 Å². The molecular weight excluding hydrogens is 590 g/mol. The summed E-state index contributed by atoms with van der Waals surface area (Å²) in [6.07, 6.45) is 1.68. The van der Waals surface area contributed by atoms with Crippen LogP contribution in [0.4, 0.5) is 4.79 Å². The number of rotatable bonds is 4. The van der Waals surface area contributed by atoms with Gasteiger partial charge in [-0.15, -0.1) is 0 Å². The summed E-state index contributed by atoms with van der Waals surface area (Å²) in [6, 6.07) is 12.9. The van der Waals surface area contributed by atoms with Crippen molar-refractivity contribution in [3.05, 3.63) is 65.1 Å². The molecule has 0 N–H and O–H groups in total. The second kappa shape index (κ2) is 8.62. The van der Waals surface area contributed by atoms with E-state index < -0.39 is 0 Å². The molecule has 0 saturated carbocycles. The highest BCUT2D eigenvalue weighted by molar-refractivity contribution is 14.1. The van der Waals surface area contributed by atoms with Gasteiger partial charge in [0.15, 0.2) is 0 Å². The number of carbonyl (C=O) groups excluding carboxylic acids is 2. The monoisotopic (exact) mass is 602 g/mol. The molecule has 0 bridgehead atoms. The first kappa shape index (κ1) is 20.2. The molecule has 2 aromatic rings. The van der Waals surface area contributed by atoms with Gasteiger partial charge in [-0.2, -0.15) is 5.26 Å². The van der Waals surface area contributed by atoms with E-state index in [9.17, 15) is 14.9 Å². The van der Waals surface area contributed by atoms with Crippen molar-refractivity contribution >= 4 is 74.2 Å². The Bertz CT molecular complexity index is 1010. The summed E-state index contributed by atoms with van der Waals surface area (Å²) in [7, 11) is 1.58. The van der Waals surface area contributed by atoms with Crippen LogP contribution in [0.3, 0.4) is 0 Å². The second-order valence-corrected chi connectivity index (χ2v) is 8.95. The summed E-state index contributed by atoms with van der Waals surface area (Å²) in [6.45, 7) is 0.0761. The molecule has 1 aliphatic rings.